The van der Waals surface area contributed by atoms with Gasteiger partial charge in [-0.25, -0.2) is 0 Å². The smallest absolute Gasteiger partial charge is 0.256 e. The molecular weight excluding hydrogens is 386 g/mol. The molecule has 2 aromatic rings. The molecule has 0 spiro atoms. The van der Waals surface area contributed by atoms with Crippen LogP contribution in [0.25, 0.3) is 0 Å². The molecule has 4 N–H and O–H groups in total. The standard InChI is InChI=1S/C19H20ClN3O3S/c1-11(2)22-18(25)12-7-8-14(20)15(9-12)23-19(26)13-5-3-4-6-16(13)27-10-17(21)24/h3-9,11H,10H2,1-2H3,(H2,21,24)(H,22,25)(H,23,26). The second kappa shape index (κ2) is 9.43. The Morgan fingerprint density at radius 3 is 2.48 bits per heavy atom. The van der Waals surface area contributed by atoms with E-state index in [-0.39, 0.29) is 17.7 Å². The second-order valence-electron chi connectivity index (χ2n) is 6.03. The highest BCUT2D eigenvalue weighted by Crippen LogP contribution is 2.27. The molecule has 142 valence electrons. The summed E-state index contributed by atoms with van der Waals surface area (Å²) < 4.78 is 0. The molecule has 3 amide bonds. The van der Waals surface area contributed by atoms with Gasteiger partial charge in [-0.1, -0.05) is 23.7 Å². The summed E-state index contributed by atoms with van der Waals surface area (Å²) in [6.45, 7) is 3.72. The monoisotopic (exact) mass is 405 g/mol. The van der Waals surface area contributed by atoms with Crippen LogP contribution in [0.5, 0.6) is 0 Å². The average Bonchev–Trinajstić information content (AvgIpc) is 2.61. The van der Waals surface area contributed by atoms with Gasteiger partial charge in [-0.3, -0.25) is 14.4 Å². The SMILES string of the molecule is CC(C)NC(=O)c1ccc(Cl)c(NC(=O)c2ccccc2SCC(N)=O)c1. The molecule has 0 aliphatic heterocycles. The number of benzene rings is 2. The van der Waals surface area contributed by atoms with Crippen LogP contribution < -0.4 is 16.4 Å². The number of amides is 3. The van der Waals surface area contributed by atoms with Crippen LogP contribution >= 0.6 is 23.4 Å². The number of halogens is 1. The van der Waals surface area contributed by atoms with E-state index in [1.54, 1.807) is 36.4 Å². The van der Waals surface area contributed by atoms with Gasteiger partial charge in [0.15, 0.2) is 0 Å². The highest BCUT2D eigenvalue weighted by atomic mass is 35.5. The molecule has 2 aromatic carbocycles. The maximum atomic E-state index is 12.7. The summed E-state index contributed by atoms with van der Waals surface area (Å²) in [6.07, 6.45) is 0. The molecule has 0 heterocycles. The summed E-state index contributed by atoms with van der Waals surface area (Å²) in [6, 6.07) is 11.5. The lowest BCUT2D eigenvalue weighted by Crippen LogP contribution is -2.30. The van der Waals surface area contributed by atoms with E-state index < -0.39 is 11.8 Å². The van der Waals surface area contributed by atoms with Crippen LogP contribution in [0.3, 0.4) is 0 Å². The van der Waals surface area contributed by atoms with Crippen LogP contribution in [-0.4, -0.2) is 29.5 Å². The van der Waals surface area contributed by atoms with Crippen LogP contribution in [0, 0.1) is 0 Å². The molecule has 2 rings (SSSR count). The lowest BCUT2D eigenvalue weighted by Gasteiger charge is -2.13. The zero-order valence-electron chi connectivity index (χ0n) is 14.9. The van der Waals surface area contributed by atoms with Crippen LogP contribution in [0.2, 0.25) is 5.02 Å². The summed E-state index contributed by atoms with van der Waals surface area (Å²) in [5, 5.41) is 5.82. The Morgan fingerprint density at radius 2 is 1.81 bits per heavy atom. The molecule has 0 radical (unpaired) electrons. The maximum absolute atomic E-state index is 12.7. The van der Waals surface area contributed by atoms with Crippen molar-refractivity contribution in [3.8, 4) is 0 Å². The van der Waals surface area contributed by atoms with Gasteiger partial charge >= 0.3 is 0 Å². The molecule has 0 atom stereocenters. The number of carbonyl (C=O) groups is 3. The predicted octanol–water partition coefficient (Wildman–Crippen LogP) is 3.31. The number of rotatable bonds is 7. The van der Waals surface area contributed by atoms with Gasteiger partial charge in [-0.15, -0.1) is 11.8 Å². The highest BCUT2D eigenvalue weighted by Gasteiger charge is 2.15. The van der Waals surface area contributed by atoms with Crippen LogP contribution in [-0.2, 0) is 4.79 Å². The Labute approximate surface area is 166 Å². The van der Waals surface area contributed by atoms with Gasteiger partial charge in [0.1, 0.15) is 0 Å². The number of nitrogens with one attached hydrogen (secondary N) is 2. The first-order valence-corrected chi connectivity index (χ1v) is 9.56. The van der Waals surface area contributed by atoms with Crippen LogP contribution in [0.1, 0.15) is 34.6 Å². The van der Waals surface area contributed by atoms with E-state index in [0.29, 0.717) is 26.7 Å². The van der Waals surface area contributed by atoms with Crippen molar-refractivity contribution in [2.45, 2.75) is 24.8 Å². The number of hydrogen-bond donors (Lipinski definition) is 3. The fourth-order valence-corrected chi connectivity index (χ4v) is 3.18. The van der Waals surface area contributed by atoms with Gasteiger partial charge in [0.05, 0.1) is 22.0 Å². The van der Waals surface area contributed by atoms with Gasteiger partial charge in [-0.05, 0) is 44.2 Å². The maximum Gasteiger partial charge on any atom is 0.256 e. The molecule has 0 unspecified atom stereocenters. The molecule has 0 aromatic heterocycles. The Kier molecular flexibility index (Phi) is 7.27. The summed E-state index contributed by atoms with van der Waals surface area (Å²) in [7, 11) is 0. The van der Waals surface area contributed by atoms with Crippen LogP contribution in [0.15, 0.2) is 47.4 Å². The molecule has 0 aliphatic carbocycles. The van der Waals surface area contributed by atoms with E-state index in [4.69, 9.17) is 17.3 Å². The average molecular weight is 406 g/mol. The topological polar surface area (TPSA) is 101 Å². The molecule has 0 fully saturated rings. The largest absolute Gasteiger partial charge is 0.369 e. The normalized spacial score (nSPS) is 10.5. The highest BCUT2D eigenvalue weighted by molar-refractivity contribution is 8.00. The van der Waals surface area contributed by atoms with Crippen molar-refractivity contribution >= 4 is 46.8 Å². The van der Waals surface area contributed by atoms with Crippen LogP contribution in [0.4, 0.5) is 5.69 Å². The number of thioether (sulfide) groups is 1. The third-order valence-corrected chi connectivity index (χ3v) is 4.82. The summed E-state index contributed by atoms with van der Waals surface area (Å²) >= 11 is 7.35. The van der Waals surface area contributed by atoms with Crippen molar-refractivity contribution in [3.63, 3.8) is 0 Å². The third kappa shape index (κ3) is 6.01. The van der Waals surface area contributed by atoms with Crippen molar-refractivity contribution in [3.05, 3.63) is 58.6 Å². The first kappa shape index (κ1) is 20.8. The fraction of sp³-hybridized carbons (Fsp3) is 0.211. The Morgan fingerprint density at radius 1 is 1.11 bits per heavy atom. The van der Waals surface area contributed by atoms with Crippen molar-refractivity contribution in [1.29, 1.82) is 0 Å². The molecule has 0 saturated carbocycles. The molecule has 0 saturated heterocycles. The quantitative estimate of drug-likeness (QED) is 0.615. The number of anilines is 1. The van der Waals surface area contributed by atoms with Crippen molar-refractivity contribution in [2.24, 2.45) is 5.73 Å². The summed E-state index contributed by atoms with van der Waals surface area (Å²) in [5.41, 5.74) is 6.27. The Bertz CT molecular complexity index is 871. The minimum atomic E-state index is -0.470. The Hall–Kier alpha value is -2.51. The molecule has 27 heavy (non-hydrogen) atoms. The minimum Gasteiger partial charge on any atom is -0.369 e. The molecule has 8 heteroatoms. The molecule has 0 bridgehead atoms. The number of nitrogens with two attached hydrogens (primary N) is 1. The Balaban J connectivity index is 2.23. The van der Waals surface area contributed by atoms with E-state index >= 15 is 0 Å². The van der Waals surface area contributed by atoms with E-state index in [0.717, 1.165) is 0 Å². The first-order chi connectivity index (χ1) is 12.8. The van der Waals surface area contributed by atoms with Crippen molar-refractivity contribution in [2.75, 3.05) is 11.1 Å². The zero-order chi connectivity index (χ0) is 20.0. The number of hydrogen-bond acceptors (Lipinski definition) is 4. The second-order valence-corrected chi connectivity index (χ2v) is 7.45. The first-order valence-electron chi connectivity index (χ1n) is 8.20. The zero-order valence-corrected chi connectivity index (χ0v) is 16.5. The predicted molar refractivity (Wildman–Crippen MR) is 108 cm³/mol. The van der Waals surface area contributed by atoms with Crippen molar-refractivity contribution in [1.82, 2.24) is 5.32 Å². The van der Waals surface area contributed by atoms with E-state index in [2.05, 4.69) is 10.6 Å². The van der Waals surface area contributed by atoms with Crippen molar-refractivity contribution < 1.29 is 14.4 Å². The third-order valence-electron chi connectivity index (χ3n) is 3.40. The molecular formula is C19H20ClN3O3S. The lowest BCUT2D eigenvalue weighted by atomic mass is 10.1. The van der Waals surface area contributed by atoms with Gasteiger partial charge in [0.2, 0.25) is 5.91 Å². The summed E-state index contributed by atoms with van der Waals surface area (Å²) in [5.74, 6) is -1.06. The molecule has 6 nitrogen and oxygen atoms in total. The lowest BCUT2D eigenvalue weighted by molar-refractivity contribution is -0.115. The van der Waals surface area contributed by atoms with E-state index in [1.807, 2.05) is 13.8 Å². The summed E-state index contributed by atoms with van der Waals surface area (Å²) in [4.78, 5) is 36.5. The van der Waals surface area contributed by atoms with E-state index in [1.165, 1.54) is 17.8 Å². The van der Waals surface area contributed by atoms with Gasteiger partial charge in [-0.2, -0.15) is 0 Å². The fourth-order valence-electron chi connectivity index (χ4n) is 2.23. The molecule has 0 aliphatic rings. The number of carbonyl (C=O) groups excluding carboxylic acids is 3. The van der Waals surface area contributed by atoms with E-state index in [9.17, 15) is 14.4 Å². The van der Waals surface area contributed by atoms with Gasteiger partial charge < -0.3 is 16.4 Å². The van der Waals surface area contributed by atoms with Gasteiger partial charge in [0.25, 0.3) is 11.8 Å². The minimum absolute atomic E-state index is 0.0135. The number of primary amides is 1. The van der Waals surface area contributed by atoms with Gasteiger partial charge in [0, 0.05) is 16.5 Å².